The summed E-state index contributed by atoms with van der Waals surface area (Å²) >= 11 is 0. The van der Waals surface area contributed by atoms with Gasteiger partial charge < -0.3 is 25.4 Å². The Balaban J connectivity index is 0.00000533. The first-order valence-corrected chi connectivity index (χ1v) is 13.5. The van der Waals surface area contributed by atoms with E-state index in [1.807, 2.05) is 44.2 Å². The van der Waals surface area contributed by atoms with Gasteiger partial charge >= 0.3 is 6.09 Å². The van der Waals surface area contributed by atoms with Crippen LogP contribution in [-0.4, -0.2) is 67.0 Å². The second-order valence-electron chi connectivity index (χ2n) is 10.2. The van der Waals surface area contributed by atoms with Crippen LogP contribution in [0.4, 0.5) is 10.5 Å². The molecule has 1 saturated heterocycles. The minimum atomic E-state index is -0.941. The molecule has 4 atom stereocenters. The average molecular weight is 562 g/mol. The Labute approximate surface area is 238 Å². The van der Waals surface area contributed by atoms with E-state index in [4.69, 9.17) is 10.6 Å². The highest BCUT2D eigenvalue weighted by molar-refractivity contribution is 5.86. The van der Waals surface area contributed by atoms with E-state index in [2.05, 4.69) is 39.8 Å². The zero-order chi connectivity index (χ0) is 27.5. The number of hydrogen-bond acceptors (Lipinski definition) is 7. The Kier molecular flexibility index (Phi) is 13.5. The van der Waals surface area contributed by atoms with Gasteiger partial charge in [0.25, 0.3) is 0 Å². The summed E-state index contributed by atoms with van der Waals surface area (Å²) in [5.41, 5.74) is 3.24. The number of carbonyl (C=O) groups excluding carboxylic acids is 2. The van der Waals surface area contributed by atoms with Crippen LogP contribution in [0.3, 0.4) is 0 Å². The Morgan fingerprint density at radius 2 is 1.69 bits per heavy atom. The van der Waals surface area contributed by atoms with Crippen LogP contribution >= 0.6 is 12.4 Å². The number of carbonyl (C=O) groups is 2. The number of hydrazine groups is 1. The predicted molar refractivity (Wildman–Crippen MR) is 157 cm³/mol. The average Bonchev–Trinajstić information content (AvgIpc) is 3.46. The molecule has 1 heterocycles. The molecule has 0 bridgehead atoms. The third kappa shape index (κ3) is 10.0. The summed E-state index contributed by atoms with van der Waals surface area (Å²) in [6.07, 6.45) is 1.94. The molecule has 0 aromatic heterocycles. The smallest absolute Gasteiger partial charge is 0.407 e. The number of nitrogens with one attached hydrogen (secondary N) is 2. The second kappa shape index (κ2) is 16.3. The molecule has 2 aromatic carbocycles. The third-order valence-corrected chi connectivity index (χ3v) is 7.26. The normalized spacial score (nSPS) is 16.1. The molecule has 0 aliphatic carbocycles. The topological polar surface area (TPSA) is 120 Å². The molecule has 0 spiro atoms. The van der Waals surface area contributed by atoms with Crippen LogP contribution in [0.5, 0.6) is 0 Å². The molecular formula is C29H44ClN5O4. The number of nitrogens with two attached hydrogens (primary N) is 1. The highest BCUT2D eigenvalue weighted by Crippen LogP contribution is 2.21. The van der Waals surface area contributed by atoms with Crippen molar-refractivity contribution in [3.05, 3.63) is 65.7 Å². The number of amides is 2. The van der Waals surface area contributed by atoms with Crippen molar-refractivity contribution in [1.29, 1.82) is 0 Å². The van der Waals surface area contributed by atoms with Gasteiger partial charge in [0, 0.05) is 31.9 Å². The Hall–Kier alpha value is -2.85. The molecule has 3 rings (SSSR count). The zero-order valence-electron chi connectivity index (χ0n) is 23.2. The number of methoxy groups -OCH3 is 1. The number of aliphatic hydroxyl groups is 1. The number of rotatable bonds is 13. The van der Waals surface area contributed by atoms with Gasteiger partial charge in [-0.2, -0.15) is 0 Å². The highest BCUT2D eigenvalue weighted by atomic mass is 35.5. The van der Waals surface area contributed by atoms with Crippen LogP contribution in [0.15, 0.2) is 54.6 Å². The van der Waals surface area contributed by atoms with Crippen LogP contribution in [0.2, 0.25) is 0 Å². The van der Waals surface area contributed by atoms with Crippen LogP contribution in [0.25, 0.3) is 0 Å². The number of ether oxygens (including phenoxy) is 1. The molecule has 2 unspecified atom stereocenters. The summed E-state index contributed by atoms with van der Waals surface area (Å²) in [5, 5.41) is 18.4. The monoisotopic (exact) mass is 561 g/mol. The number of halogens is 1. The molecule has 216 valence electrons. The molecule has 0 saturated carbocycles. The van der Waals surface area contributed by atoms with Crippen molar-refractivity contribution >= 4 is 30.1 Å². The van der Waals surface area contributed by atoms with Crippen LogP contribution in [-0.2, 0) is 22.5 Å². The van der Waals surface area contributed by atoms with E-state index in [9.17, 15) is 14.7 Å². The summed E-state index contributed by atoms with van der Waals surface area (Å²) < 4.78 is 4.71. The van der Waals surface area contributed by atoms with Gasteiger partial charge in [-0.3, -0.25) is 10.6 Å². The van der Waals surface area contributed by atoms with Crippen LogP contribution in [0.1, 0.15) is 44.2 Å². The van der Waals surface area contributed by atoms with Crippen molar-refractivity contribution in [2.75, 3.05) is 31.6 Å². The Morgan fingerprint density at radius 3 is 2.28 bits per heavy atom. The summed E-state index contributed by atoms with van der Waals surface area (Å²) in [6, 6.07) is 16.6. The number of nitrogens with zero attached hydrogens (tertiary/aromatic N) is 2. The first-order valence-electron chi connectivity index (χ1n) is 13.5. The van der Waals surface area contributed by atoms with Crippen molar-refractivity contribution in [3.8, 4) is 0 Å². The van der Waals surface area contributed by atoms with Crippen molar-refractivity contribution in [2.45, 2.75) is 64.3 Å². The maximum Gasteiger partial charge on any atom is 0.407 e. The highest BCUT2D eigenvalue weighted by Gasteiger charge is 2.31. The number of benzene rings is 2. The van der Waals surface area contributed by atoms with Gasteiger partial charge in [-0.15, -0.1) is 12.4 Å². The summed E-state index contributed by atoms with van der Waals surface area (Å²) in [7, 11) is 1.26. The van der Waals surface area contributed by atoms with E-state index in [1.165, 1.54) is 25.6 Å². The fraction of sp³-hybridized carbons (Fsp3) is 0.517. The quantitative estimate of drug-likeness (QED) is 0.219. The summed E-state index contributed by atoms with van der Waals surface area (Å²) in [4.78, 5) is 27.5. The van der Waals surface area contributed by atoms with E-state index < -0.39 is 24.3 Å². The lowest BCUT2D eigenvalue weighted by atomic mass is 9.96. The summed E-state index contributed by atoms with van der Waals surface area (Å²) in [6.45, 7) is 6.64. The van der Waals surface area contributed by atoms with Gasteiger partial charge in [-0.05, 0) is 48.4 Å². The maximum absolute atomic E-state index is 13.3. The van der Waals surface area contributed by atoms with Crippen molar-refractivity contribution < 1.29 is 19.4 Å². The number of hydrogen-bond donors (Lipinski definition) is 4. The largest absolute Gasteiger partial charge is 0.453 e. The molecule has 0 radical (unpaired) electrons. The third-order valence-electron chi connectivity index (χ3n) is 7.26. The Morgan fingerprint density at radius 1 is 1.05 bits per heavy atom. The molecule has 1 aliphatic heterocycles. The van der Waals surface area contributed by atoms with Crippen LogP contribution in [0, 0.1) is 5.92 Å². The second-order valence-corrected chi connectivity index (χ2v) is 10.2. The molecule has 39 heavy (non-hydrogen) atoms. The van der Waals surface area contributed by atoms with Gasteiger partial charge in [0.1, 0.15) is 6.04 Å². The fourth-order valence-corrected chi connectivity index (χ4v) is 4.77. The lowest BCUT2D eigenvalue weighted by molar-refractivity contribution is -0.126. The van der Waals surface area contributed by atoms with Gasteiger partial charge in [-0.1, -0.05) is 62.7 Å². The lowest BCUT2D eigenvalue weighted by Crippen LogP contribution is -2.57. The molecule has 1 aliphatic rings. The van der Waals surface area contributed by atoms with Gasteiger partial charge in [0.15, 0.2) is 0 Å². The molecular weight excluding hydrogens is 518 g/mol. The molecule has 5 N–H and O–H groups in total. The molecule has 9 nitrogen and oxygen atoms in total. The zero-order valence-corrected chi connectivity index (χ0v) is 24.0. The van der Waals surface area contributed by atoms with E-state index in [0.717, 1.165) is 24.2 Å². The standard InChI is InChI=1S/C29H43N5O4.ClH/c1-4-21(2)27(32-29(37)38-3)28(36)31-25(18-22-10-6-5-7-11-22)26(35)20-34(30)19-23-12-14-24(15-13-23)33-16-8-9-17-33;/h5-7,10-15,21,25-27,35H,4,8-9,16-20,30H2,1-3H3,(H,31,36)(H,32,37);1H/t21-,25?,26?,27-;/m0./s1. The molecule has 10 heteroatoms. The maximum atomic E-state index is 13.3. The Bertz CT molecular complexity index is 1000. The van der Waals surface area contributed by atoms with Gasteiger partial charge in [0.2, 0.25) is 5.91 Å². The molecule has 2 aromatic rings. The van der Waals surface area contributed by atoms with Gasteiger partial charge in [0.05, 0.1) is 19.3 Å². The van der Waals surface area contributed by atoms with Crippen molar-refractivity contribution in [3.63, 3.8) is 0 Å². The van der Waals surface area contributed by atoms with E-state index in [1.54, 1.807) is 5.01 Å². The molecule has 2 amide bonds. The van der Waals surface area contributed by atoms with Crippen LogP contribution < -0.4 is 21.4 Å². The van der Waals surface area contributed by atoms with Crippen molar-refractivity contribution in [1.82, 2.24) is 15.6 Å². The van der Waals surface area contributed by atoms with Gasteiger partial charge in [-0.25, -0.2) is 9.80 Å². The van der Waals surface area contributed by atoms with Crippen molar-refractivity contribution in [2.24, 2.45) is 11.8 Å². The van der Waals surface area contributed by atoms with E-state index in [-0.39, 0.29) is 30.8 Å². The summed E-state index contributed by atoms with van der Waals surface area (Å²) in [5.74, 6) is 5.82. The predicted octanol–water partition coefficient (Wildman–Crippen LogP) is 3.24. The minimum absolute atomic E-state index is 0. The first kappa shape index (κ1) is 32.4. The first-order chi connectivity index (χ1) is 18.3. The molecule has 1 fully saturated rings. The number of alkyl carbamates (subject to hydrolysis) is 1. The number of anilines is 1. The lowest BCUT2D eigenvalue weighted by Gasteiger charge is -2.30. The minimum Gasteiger partial charge on any atom is -0.453 e. The SMILES string of the molecule is CC[C@H](C)[C@H](NC(=O)OC)C(=O)NC(Cc1ccccc1)C(O)CN(N)Cc1ccc(N2CCCC2)cc1.Cl. The number of aliphatic hydroxyl groups excluding tert-OH is 1. The van der Waals surface area contributed by atoms with E-state index in [0.29, 0.717) is 19.4 Å². The fourth-order valence-electron chi connectivity index (χ4n) is 4.77. The van der Waals surface area contributed by atoms with E-state index >= 15 is 0 Å².